The Balaban J connectivity index is 1.16. The molecule has 0 radical (unpaired) electrons. The van der Waals surface area contributed by atoms with Crippen LogP contribution in [0.25, 0.3) is 11.3 Å². The maximum Gasteiger partial charge on any atom is 0.305 e. The fraction of sp³-hybridized carbons (Fsp3) is 0.500. The van der Waals surface area contributed by atoms with Crippen molar-refractivity contribution in [3.05, 3.63) is 58.3 Å². The van der Waals surface area contributed by atoms with Crippen molar-refractivity contribution in [3.8, 4) is 22.9 Å². The fourth-order valence-corrected chi connectivity index (χ4v) is 7.06. The van der Waals surface area contributed by atoms with Crippen LogP contribution in [0.5, 0.6) is 11.6 Å². The summed E-state index contributed by atoms with van der Waals surface area (Å²) in [4.78, 5) is 32.9. The van der Waals surface area contributed by atoms with Crippen LogP contribution in [0.1, 0.15) is 44.1 Å². The van der Waals surface area contributed by atoms with Gasteiger partial charge in [-0.15, -0.1) is 0 Å². The Labute approximate surface area is 263 Å². The van der Waals surface area contributed by atoms with Crippen molar-refractivity contribution in [1.82, 2.24) is 24.8 Å². The van der Waals surface area contributed by atoms with Crippen LogP contribution in [0.15, 0.2) is 42.7 Å². The average molecular weight is 626 g/mol. The molecule has 0 bridgehead atoms. The number of likely N-dealkylation sites (tertiary alicyclic amines) is 2. The molecular weight excluding hydrogens is 587 g/mol. The lowest BCUT2D eigenvalue weighted by Gasteiger charge is -2.55. The highest BCUT2D eigenvalue weighted by Gasteiger charge is 2.44. The number of pyridine rings is 1. The number of carbonyl (C=O) groups is 1. The summed E-state index contributed by atoms with van der Waals surface area (Å²) in [6.07, 6.45) is 9.40. The number of carbonyl (C=O) groups excluding carboxylic acids is 1. The van der Waals surface area contributed by atoms with Crippen LogP contribution in [0, 0.1) is 5.92 Å². The van der Waals surface area contributed by atoms with Crippen LogP contribution in [-0.2, 0) is 16.1 Å². The quantitative estimate of drug-likeness (QED) is 0.276. The molecule has 0 saturated carbocycles. The van der Waals surface area contributed by atoms with E-state index in [2.05, 4.69) is 37.8 Å². The number of anilines is 1. The third-order valence-electron chi connectivity index (χ3n) is 9.35. The Hall–Kier alpha value is -2.98. The van der Waals surface area contributed by atoms with Crippen molar-refractivity contribution in [1.29, 1.82) is 0 Å². The lowest BCUT2D eigenvalue weighted by Crippen LogP contribution is -2.62. The number of hydrogen-bond donors (Lipinski definition) is 0. The predicted octanol–water partition coefficient (Wildman–Crippen LogP) is 6.09. The SMILES string of the molecule is COC(=O)CC1CCN(Cc2cc(Oc3cnc(N4CCC5(CC4)CCN5C)nc3)nc(-c3cc(Cl)cc(Cl)c3)c2)CC1. The molecule has 3 aliphatic heterocycles. The van der Waals surface area contributed by atoms with Gasteiger partial charge in [-0.05, 0) is 88.0 Å². The van der Waals surface area contributed by atoms with Gasteiger partial charge in [0.15, 0.2) is 5.75 Å². The predicted molar refractivity (Wildman–Crippen MR) is 168 cm³/mol. The highest BCUT2D eigenvalue weighted by Crippen LogP contribution is 2.39. The van der Waals surface area contributed by atoms with E-state index in [1.54, 1.807) is 18.5 Å². The molecule has 5 heterocycles. The first-order valence-electron chi connectivity index (χ1n) is 15.0. The number of piperidine rings is 2. The Kier molecular flexibility index (Phi) is 9.05. The molecule has 3 aromatic rings. The normalized spacial score (nSPS) is 19.3. The number of nitrogens with zero attached hydrogens (tertiary/aromatic N) is 6. The monoisotopic (exact) mass is 624 g/mol. The Morgan fingerprint density at radius 3 is 2.23 bits per heavy atom. The van der Waals surface area contributed by atoms with E-state index in [4.69, 9.17) is 37.7 Å². The first kappa shape index (κ1) is 30.1. The van der Waals surface area contributed by atoms with Gasteiger partial charge in [0.25, 0.3) is 0 Å². The van der Waals surface area contributed by atoms with Crippen LogP contribution in [0.4, 0.5) is 5.95 Å². The maximum atomic E-state index is 11.7. The molecule has 3 aliphatic rings. The smallest absolute Gasteiger partial charge is 0.305 e. The maximum absolute atomic E-state index is 11.7. The molecule has 2 aromatic heterocycles. The van der Waals surface area contributed by atoms with E-state index in [9.17, 15) is 4.79 Å². The lowest BCUT2D eigenvalue weighted by atomic mass is 9.77. The Morgan fingerprint density at radius 2 is 1.63 bits per heavy atom. The van der Waals surface area contributed by atoms with E-state index in [1.165, 1.54) is 20.1 Å². The van der Waals surface area contributed by atoms with Crippen molar-refractivity contribution in [2.75, 3.05) is 51.8 Å². The molecule has 1 spiro atoms. The average Bonchev–Trinajstić information content (AvgIpc) is 3.01. The largest absolute Gasteiger partial charge is 0.469 e. The third kappa shape index (κ3) is 7.06. The van der Waals surface area contributed by atoms with E-state index >= 15 is 0 Å². The summed E-state index contributed by atoms with van der Waals surface area (Å²) in [6.45, 7) is 5.65. The minimum absolute atomic E-state index is 0.137. The summed E-state index contributed by atoms with van der Waals surface area (Å²) in [5.41, 5.74) is 2.97. The van der Waals surface area contributed by atoms with E-state index in [0.717, 1.165) is 81.2 Å². The summed E-state index contributed by atoms with van der Waals surface area (Å²) < 4.78 is 11.1. The van der Waals surface area contributed by atoms with Crippen LogP contribution in [-0.4, -0.2) is 83.1 Å². The van der Waals surface area contributed by atoms with Gasteiger partial charge in [0.1, 0.15) is 0 Å². The van der Waals surface area contributed by atoms with Crippen LogP contribution < -0.4 is 9.64 Å². The van der Waals surface area contributed by atoms with Gasteiger partial charge in [0.2, 0.25) is 11.8 Å². The highest BCUT2D eigenvalue weighted by atomic mass is 35.5. The number of methoxy groups -OCH3 is 1. The molecular formula is C32H38Cl2N6O3. The highest BCUT2D eigenvalue weighted by molar-refractivity contribution is 6.35. The second-order valence-corrected chi connectivity index (χ2v) is 12.9. The van der Waals surface area contributed by atoms with Gasteiger partial charge in [0.05, 0.1) is 25.2 Å². The summed E-state index contributed by atoms with van der Waals surface area (Å²) in [6, 6.07) is 9.42. The molecule has 3 saturated heterocycles. The van der Waals surface area contributed by atoms with Crippen molar-refractivity contribution in [3.63, 3.8) is 0 Å². The van der Waals surface area contributed by atoms with Crippen molar-refractivity contribution in [2.45, 2.75) is 50.6 Å². The van der Waals surface area contributed by atoms with Gasteiger partial charge in [-0.3, -0.25) is 9.69 Å². The Bertz CT molecular complexity index is 1420. The number of aromatic nitrogens is 3. The van der Waals surface area contributed by atoms with Gasteiger partial charge in [-0.1, -0.05) is 23.2 Å². The first-order valence-corrected chi connectivity index (χ1v) is 15.8. The van der Waals surface area contributed by atoms with Gasteiger partial charge in [-0.2, -0.15) is 0 Å². The summed E-state index contributed by atoms with van der Waals surface area (Å²) >= 11 is 12.7. The first-order chi connectivity index (χ1) is 20.8. The molecule has 0 amide bonds. The topological polar surface area (TPSA) is 83.9 Å². The number of benzene rings is 1. The number of ether oxygens (including phenoxy) is 2. The summed E-state index contributed by atoms with van der Waals surface area (Å²) in [7, 11) is 3.68. The number of halogens is 2. The van der Waals surface area contributed by atoms with Gasteiger partial charge in [-0.25, -0.2) is 15.0 Å². The van der Waals surface area contributed by atoms with Crippen LogP contribution in [0.3, 0.4) is 0 Å². The van der Waals surface area contributed by atoms with E-state index < -0.39 is 0 Å². The fourth-order valence-electron chi connectivity index (χ4n) is 6.53. The van der Waals surface area contributed by atoms with Gasteiger partial charge < -0.3 is 19.3 Å². The van der Waals surface area contributed by atoms with Crippen molar-refractivity contribution >= 4 is 35.1 Å². The molecule has 43 heavy (non-hydrogen) atoms. The minimum Gasteiger partial charge on any atom is -0.469 e. The molecule has 0 atom stereocenters. The molecule has 0 unspecified atom stereocenters. The minimum atomic E-state index is -0.137. The molecule has 11 heteroatoms. The zero-order chi connectivity index (χ0) is 30.0. The molecule has 9 nitrogen and oxygen atoms in total. The van der Waals surface area contributed by atoms with Crippen LogP contribution >= 0.6 is 23.2 Å². The zero-order valence-electron chi connectivity index (χ0n) is 24.8. The molecule has 0 N–H and O–H groups in total. The summed E-state index contributed by atoms with van der Waals surface area (Å²) in [5.74, 6) is 1.93. The van der Waals surface area contributed by atoms with Gasteiger partial charge >= 0.3 is 5.97 Å². The molecule has 1 aromatic carbocycles. The second-order valence-electron chi connectivity index (χ2n) is 12.1. The zero-order valence-corrected chi connectivity index (χ0v) is 26.3. The van der Waals surface area contributed by atoms with E-state index in [-0.39, 0.29) is 5.97 Å². The van der Waals surface area contributed by atoms with Gasteiger partial charge in [0, 0.05) is 59.8 Å². The third-order valence-corrected chi connectivity index (χ3v) is 9.79. The van der Waals surface area contributed by atoms with Crippen molar-refractivity contribution < 1.29 is 14.3 Å². The summed E-state index contributed by atoms with van der Waals surface area (Å²) in [5, 5.41) is 1.09. The van der Waals surface area contributed by atoms with Crippen LogP contribution in [0.2, 0.25) is 10.0 Å². The standard InChI is InChI=1S/C32H38Cl2N6O3/c1-38-10-5-32(38)6-11-40(12-7-32)31-35-19-27(20-36-31)43-29-14-23(13-28(37-29)24-16-25(33)18-26(34)17-24)21-39-8-3-22(4-9-39)15-30(41)42-2/h13-14,16-20,22H,3-12,15,21H2,1-2H3. The molecule has 0 aliphatic carbocycles. The number of esters is 1. The van der Waals surface area contributed by atoms with Crippen molar-refractivity contribution in [2.24, 2.45) is 5.92 Å². The van der Waals surface area contributed by atoms with E-state index in [0.29, 0.717) is 39.6 Å². The lowest BCUT2D eigenvalue weighted by molar-refractivity contribution is -0.142. The second kappa shape index (κ2) is 12.9. The Morgan fingerprint density at radius 1 is 0.953 bits per heavy atom. The molecule has 228 valence electrons. The number of hydrogen-bond acceptors (Lipinski definition) is 9. The van der Waals surface area contributed by atoms with E-state index in [1.807, 2.05) is 18.2 Å². The molecule has 6 rings (SSSR count). The number of rotatable bonds is 8. The molecule has 3 fully saturated rings.